The zero-order chi connectivity index (χ0) is 18.9. The Kier molecular flexibility index (Phi) is 3.34. The first kappa shape index (κ1) is 16.6. The van der Waals surface area contributed by atoms with Crippen molar-refractivity contribution in [3.05, 3.63) is 46.6 Å². The Labute approximate surface area is 156 Å². The molecule has 1 aliphatic heterocycles. The Hall–Kier alpha value is -2.61. The maximum Gasteiger partial charge on any atom is 0.434 e. The van der Waals surface area contributed by atoms with E-state index in [1.807, 2.05) is 0 Å². The van der Waals surface area contributed by atoms with E-state index in [2.05, 4.69) is 15.3 Å². The van der Waals surface area contributed by atoms with Crippen molar-refractivity contribution in [2.45, 2.75) is 31.4 Å². The average Bonchev–Trinajstić information content (AvgIpc) is 3.23. The monoisotopic (exact) mass is 392 g/mol. The number of nitrogens with one attached hydrogen (secondary N) is 1. The summed E-state index contributed by atoms with van der Waals surface area (Å²) in [5.41, 5.74) is 1.06. The van der Waals surface area contributed by atoms with Crippen LogP contribution in [0.15, 0.2) is 24.7 Å². The number of amides is 1. The van der Waals surface area contributed by atoms with E-state index in [9.17, 15) is 18.0 Å². The number of aromatic nitrogens is 3. The SMILES string of the molecule is O=C1Cc2cc(-c3c(C(F)(F)F)ncn4cc(C5CC5)nc34)cc(Cl)c2N1. The van der Waals surface area contributed by atoms with Crippen LogP contribution in [-0.4, -0.2) is 20.3 Å². The fourth-order valence-corrected chi connectivity index (χ4v) is 3.76. The largest absolute Gasteiger partial charge is 0.434 e. The summed E-state index contributed by atoms with van der Waals surface area (Å²) in [4.78, 5) is 19.8. The molecule has 1 saturated carbocycles. The zero-order valence-corrected chi connectivity index (χ0v) is 14.5. The summed E-state index contributed by atoms with van der Waals surface area (Å²) < 4.78 is 42.5. The van der Waals surface area contributed by atoms with Gasteiger partial charge in [0.15, 0.2) is 5.69 Å². The van der Waals surface area contributed by atoms with E-state index in [4.69, 9.17) is 11.6 Å². The molecule has 1 aromatic carbocycles. The van der Waals surface area contributed by atoms with Crippen LogP contribution in [0.3, 0.4) is 0 Å². The maximum atomic E-state index is 13.7. The second-order valence-electron chi connectivity index (χ2n) is 6.85. The number of carbonyl (C=O) groups excluding carboxylic acids is 1. The van der Waals surface area contributed by atoms with E-state index < -0.39 is 11.9 Å². The number of imidazole rings is 1. The molecule has 1 aliphatic carbocycles. The predicted molar refractivity (Wildman–Crippen MR) is 92.7 cm³/mol. The molecule has 27 heavy (non-hydrogen) atoms. The molecule has 1 fully saturated rings. The number of hydrogen-bond acceptors (Lipinski definition) is 3. The molecule has 0 unspecified atom stereocenters. The van der Waals surface area contributed by atoms with E-state index in [0.29, 0.717) is 11.3 Å². The molecular formula is C18H12ClF3N4O. The minimum atomic E-state index is -4.65. The Morgan fingerprint density at radius 1 is 1.26 bits per heavy atom. The van der Waals surface area contributed by atoms with Crippen LogP contribution >= 0.6 is 11.6 Å². The molecule has 0 atom stereocenters. The molecule has 1 N–H and O–H groups in total. The molecule has 5 nitrogen and oxygen atoms in total. The fraction of sp³-hybridized carbons (Fsp3) is 0.278. The Morgan fingerprint density at radius 3 is 2.74 bits per heavy atom. The second-order valence-corrected chi connectivity index (χ2v) is 7.26. The number of alkyl halides is 3. The lowest BCUT2D eigenvalue weighted by atomic mass is 10.0. The van der Waals surface area contributed by atoms with Crippen molar-refractivity contribution in [3.63, 3.8) is 0 Å². The lowest BCUT2D eigenvalue weighted by Gasteiger charge is -2.14. The lowest BCUT2D eigenvalue weighted by Crippen LogP contribution is -2.12. The van der Waals surface area contributed by atoms with Crippen LogP contribution in [0, 0.1) is 0 Å². The van der Waals surface area contributed by atoms with Crippen molar-refractivity contribution in [2.75, 3.05) is 5.32 Å². The Morgan fingerprint density at radius 2 is 2.04 bits per heavy atom. The summed E-state index contributed by atoms with van der Waals surface area (Å²) in [6.45, 7) is 0. The highest BCUT2D eigenvalue weighted by atomic mass is 35.5. The first-order valence-corrected chi connectivity index (χ1v) is 8.76. The topological polar surface area (TPSA) is 59.3 Å². The van der Waals surface area contributed by atoms with Crippen molar-refractivity contribution in [1.29, 1.82) is 0 Å². The molecule has 2 aliphatic rings. The van der Waals surface area contributed by atoms with Gasteiger partial charge >= 0.3 is 6.18 Å². The van der Waals surface area contributed by atoms with E-state index in [0.717, 1.165) is 24.9 Å². The van der Waals surface area contributed by atoms with Crippen LogP contribution in [0.5, 0.6) is 0 Å². The summed E-state index contributed by atoms with van der Waals surface area (Å²) in [5, 5.41) is 2.82. The van der Waals surface area contributed by atoms with Gasteiger partial charge in [0.05, 0.1) is 28.4 Å². The highest BCUT2D eigenvalue weighted by Gasteiger charge is 2.38. The molecule has 9 heteroatoms. The van der Waals surface area contributed by atoms with E-state index in [1.54, 1.807) is 12.3 Å². The number of carbonyl (C=O) groups is 1. The molecule has 5 rings (SSSR count). The number of anilines is 1. The minimum absolute atomic E-state index is 0.0720. The van der Waals surface area contributed by atoms with E-state index in [1.165, 1.54) is 10.5 Å². The standard InChI is InChI=1S/C18H12ClF3N4O/c19-11-4-9(3-10-5-13(27)25-15(10)11)14-16(18(20,21)22)23-7-26-6-12(8-1-2-8)24-17(14)26/h3-4,6-8H,1-2,5H2,(H,25,27). The first-order chi connectivity index (χ1) is 12.8. The number of hydrogen-bond donors (Lipinski definition) is 1. The number of fused-ring (bicyclic) bond motifs is 2. The molecule has 0 bridgehead atoms. The van der Waals surface area contributed by atoms with Gasteiger partial charge < -0.3 is 5.32 Å². The molecule has 0 radical (unpaired) electrons. The van der Waals surface area contributed by atoms with Crippen LogP contribution in [-0.2, 0) is 17.4 Å². The zero-order valence-electron chi connectivity index (χ0n) is 13.8. The summed E-state index contributed by atoms with van der Waals surface area (Å²) in [6.07, 6.45) is 0.254. The summed E-state index contributed by atoms with van der Waals surface area (Å²) >= 11 is 6.23. The molecule has 2 aromatic heterocycles. The highest BCUT2D eigenvalue weighted by Crippen LogP contribution is 2.44. The third-order valence-electron chi connectivity index (χ3n) is 4.86. The Bertz CT molecular complexity index is 1120. The molecule has 0 spiro atoms. The molecule has 138 valence electrons. The smallest absolute Gasteiger partial charge is 0.324 e. The van der Waals surface area contributed by atoms with E-state index >= 15 is 0 Å². The van der Waals surface area contributed by atoms with Gasteiger partial charge in [0.2, 0.25) is 5.91 Å². The first-order valence-electron chi connectivity index (χ1n) is 8.38. The summed E-state index contributed by atoms with van der Waals surface area (Å²) in [6, 6.07) is 2.97. The lowest BCUT2D eigenvalue weighted by molar-refractivity contribution is -0.140. The number of nitrogens with zero attached hydrogens (tertiary/aromatic N) is 3. The van der Waals surface area contributed by atoms with Crippen LogP contribution in [0.4, 0.5) is 18.9 Å². The molecular weight excluding hydrogens is 381 g/mol. The second kappa shape index (κ2) is 5.45. The van der Waals surface area contributed by atoms with Crippen molar-refractivity contribution in [3.8, 4) is 11.1 Å². The van der Waals surface area contributed by atoms with Gasteiger partial charge in [0.25, 0.3) is 0 Å². The van der Waals surface area contributed by atoms with Gasteiger partial charge in [-0.2, -0.15) is 13.2 Å². The van der Waals surface area contributed by atoms with Crippen molar-refractivity contribution < 1.29 is 18.0 Å². The Balaban J connectivity index is 1.79. The normalized spacial score (nSPS) is 16.7. The third kappa shape index (κ3) is 2.66. The van der Waals surface area contributed by atoms with Gasteiger partial charge in [-0.05, 0) is 36.1 Å². The van der Waals surface area contributed by atoms with Gasteiger partial charge in [-0.3, -0.25) is 9.20 Å². The van der Waals surface area contributed by atoms with Gasteiger partial charge in [0.1, 0.15) is 12.0 Å². The molecule has 3 heterocycles. The summed E-state index contributed by atoms with van der Waals surface area (Å²) in [5.74, 6) is 0.0470. The van der Waals surface area contributed by atoms with E-state index in [-0.39, 0.29) is 40.0 Å². The van der Waals surface area contributed by atoms with Crippen LogP contribution in [0.25, 0.3) is 16.8 Å². The number of rotatable bonds is 2. The van der Waals surface area contributed by atoms with Crippen LogP contribution in [0.1, 0.15) is 35.7 Å². The van der Waals surface area contributed by atoms with Gasteiger partial charge in [-0.15, -0.1) is 0 Å². The molecule has 3 aromatic rings. The average molecular weight is 393 g/mol. The predicted octanol–water partition coefficient (Wildman–Crippen LogP) is 4.44. The number of halogens is 4. The summed E-state index contributed by atoms with van der Waals surface area (Å²) in [7, 11) is 0. The molecule has 1 amide bonds. The molecule has 0 saturated heterocycles. The van der Waals surface area contributed by atoms with Crippen molar-refractivity contribution >= 4 is 28.8 Å². The van der Waals surface area contributed by atoms with Gasteiger partial charge in [0, 0.05) is 12.1 Å². The quantitative estimate of drug-likeness (QED) is 0.701. The van der Waals surface area contributed by atoms with Crippen LogP contribution in [0.2, 0.25) is 5.02 Å². The fourth-order valence-electron chi connectivity index (χ4n) is 3.48. The maximum absolute atomic E-state index is 13.7. The minimum Gasteiger partial charge on any atom is -0.324 e. The third-order valence-corrected chi connectivity index (χ3v) is 5.16. The van der Waals surface area contributed by atoms with Crippen molar-refractivity contribution in [1.82, 2.24) is 14.4 Å². The van der Waals surface area contributed by atoms with Gasteiger partial charge in [-0.1, -0.05) is 11.6 Å². The number of benzene rings is 1. The van der Waals surface area contributed by atoms with Crippen LogP contribution < -0.4 is 5.32 Å². The van der Waals surface area contributed by atoms with Gasteiger partial charge in [-0.25, -0.2) is 9.97 Å². The highest BCUT2D eigenvalue weighted by molar-refractivity contribution is 6.34. The van der Waals surface area contributed by atoms with Crippen molar-refractivity contribution in [2.24, 2.45) is 0 Å².